The number of hydrogen-bond acceptors (Lipinski definition) is 4. The van der Waals surface area contributed by atoms with Crippen LogP contribution in [0.4, 0.5) is 5.82 Å². The van der Waals surface area contributed by atoms with Gasteiger partial charge >= 0.3 is 0 Å². The van der Waals surface area contributed by atoms with Crippen LogP contribution >= 0.6 is 11.3 Å². The SMILES string of the molecule is CNc1nc(-c2cccc(C)c2)nc2ccsc12. The van der Waals surface area contributed by atoms with Gasteiger partial charge in [0.25, 0.3) is 0 Å². The van der Waals surface area contributed by atoms with Crippen molar-refractivity contribution in [3.8, 4) is 11.4 Å². The molecule has 3 nitrogen and oxygen atoms in total. The first-order chi connectivity index (χ1) is 8.78. The second-order valence-electron chi connectivity index (χ2n) is 4.15. The van der Waals surface area contributed by atoms with Crippen LogP contribution in [0.2, 0.25) is 0 Å². The fraction of sp³-hybridized carbons (Fsp3) is 0.143. The van der Waals surface area contributed by atoms with E-state index >= 15 is 0 Å². The molecule has 3 aromatic rings. The second kappa shape index (κ2) is 4.38. The summed E-state index contributed by atoms with van der Waals surface area (Å²) in [7, 11) is 1.89. The summed E-state index contributed by atoms with van der Waals surface area (Å²) in [6.07, 6.45) is 0. The molecule has 4 heteroatoms. The van der Waals surface area contributed by atoms with Gasteiger partial charge in [-0.15, -0.1) is 11.3 Å². The van der Waals surface area contributed by atoms with Gasteiger partial charge in [-0.05, 0) is 24.4 Å². The molecule has 0 fully saturated rings. The minimum Gasteiger partial charge on any atom is -0.372 e. The van der Waals surface area contributed by atoms with Gasteiger partial charge in [-0.3, -0.25) is 0 Å². The predicted octanol–water partition coefficient (Wildman–Crippen LogP) is 3.71. The highest BCUT2D eigenvalue weighted by molar-refractivity contribution is 7.17. The number of nitrogens with zero attached hydrogens (tertiary/aromatic N) is 2. The lowest BCUT2D eigenvalue weighted by Gasteiger charge is -2.05. The van der Waals surface area contributed by atoms with E-state index in [0.29, 0.717) is 0 Å². The van der Waals surface area contributed by atoms with Crippen LogP contribution in [0.25, 0.3) is 21.6 Å². The average Bonchev–Trinajstić information content (AvgIpc) is 2.85. The van der Waals surface area contributed by atoms with Gasteiger partial charge in [0.2, 0.25) is 0 Å². The van der Waals surface area contributed by atoms with Crippen LogP contribution in [0, 0.1) is 6.92 Å². The molecule has 0 aliphatic heterocycles. The molecule has 0 unspecified atom stereocenters. The molecular weight excluding hydrogens is 242 g/mol. The van der Waals surface area contributed by atoms with Crippen molar-refractivity contribution in [3.05, 3.63) is 41.3 Å². The van der Waals surface area contributed by atoms with Crippen LogP contribution in [0.5, 0.6) is 0 Å². The summed E-state index contributed by atoms with van der Waals surface area (Å²) >= 11 is 1.66. The molecule has 0 aliphatic rings. The van der Waals surface area contributed by atoms with E-state index in [0.717, 1.165) is 27.4 Å². The zero-order valence-electron chi connectivity index (χ0n) is 10.3. The van der Waals surface area contributed by atoms with Crippen molar-refractivity contribution in [2.24, 2.45) is 0 Å². The third kappa shape index (κ3) is 1.84. The Labute approximate surface area is 110 Å². The number of rotatable bonds is 2. The Morgan fingerprint density at radius 2 is 2.06 bits per heavy atom. The van der Waals surface area contributed by atoms with E-state index in [1.54, 1.807) is 11.3 Å². The van der Waals surface area contributed by atoms with Gasteiger partial charge in [-0.1, -0.05) is 23.8 Å². The molecule has 2 heterocycles. The van der Waals surface area contributed by atoms with Crippen molar-refractivity contribution in [1.29, 1.82) is 0 Å². The molecular formula is C14H13N3S. The fourth-order valence-electron chi connectivity index (χ4n) is 1.95. The summed E-state index contributed by atoms with van der Waals surface area (Å²) in [5.74, 6) is 1.67. The van der Waals surface area contributed by atoms with Crippen LogP contribution in [0.3, 0.4) is 0 Å². The van der Waals surface area contributed by atoms with E-state index in [9.17, 15) is 0 Å². The van der Waals surface area contributed by atoms with E-state index in [1.807, 2.05) is 30.6 Å². The maximum absolute atomic E-state index is 4.61. The molecule has 0 aliphatic carbocycles. The lowest BCUT2D eigenvalue weighted by Crippen LogP contribution is -1.97. The van der Waals surface area contributed by atoms with Gasteiger partial charge in [-0.25, -0.2) is 9.97 Å². The number of fused-ring (bicyclic) bond motifs is 1. The normalized spacial score (nSPS) is 10.8. The third-order valence-electron chi connectivity index (χ3n) is 2.82. The first-order valence-corrected chi connectivity index (χ1v) is 6.66. The molecule has 0 amide bonds. The third-order valence-corrected chi connectivity index (χ3v) is 3.73. The summed E-state index contributed by atoms with van der Waals surface area (Å²) in [6, 6.07) is 10.3. The molecule has 0 radical (unpaired) electrons. The van der Waals surface area contributed by atoms with Crippen molar-refractivity contribution >= 4 is 27.4 Å². The number of aromatic nitrogens is 2. The summed E-state index contributed by atoms with van der Waals surface area (Å²) in [4.78, 5) is 9.21. The highest BCUT2D eigenvalue weighted by Gasteiger charge is 2.09. The molecule has 1 aromatic carbocycles. The van der Waals surface area contributed by atoms with Gasteiger partial charge in [0.1, 0.15) is 5.82 Å². The van der Waals surface area contributed by atoms with Crippen molar-refractivity contribution in [2.75, 3.05) is 12.4 Å². The number of nitrogens with one attached hydrogen (secondary N) is 1. The van der Waals surface area contributed by atoms with E-state index in [1.165, 1.54) is 5.56 Å². The van der Waals surface area contributed by atoms with E-state index in [-0.39, 0.29) is 0 Å². The second-order valence-corrected chi connectivity index (χ2v) is 5.07. The summed E-state index contributed by atoms with van der Waals surface area (Å²) in [6.45, 7) is 2.08. The lowest BCUT2D eigenvalue weighted by atomic mass is 10.1. The predicted molar refractivity (Wildman–Crippen MR) is 77.1 cm³/mol. The van der Waals surface area contributed by atoms with Gasteiger partial charge in [0, 0.05) is 12.6 Å². The maximum atomic E-state index is 4.61. The van der Waals surface area contributed by atoms with Crippen LogP contribution < -0.4 is 5.32 Å². The quantitative estimate of drug-likeness (QED) is 0.758. The molecule has 0 bridgehead atoms. The molecule has 18 heavy (non-hydrogen) atoms. The highest BCUT2D eigenvalue weighted by atomic mass is 32.1. The molecule has 0 saturated heterocycles. The number of hydrogen-bond donors (Lipinski definition) is 1. The minimum atomic E-state index is 0.772. The summed E-state index contributed by atoms with van der Waals surface area (Å²) in [5.41, 5.74) is 3.27. The fourth-order valence-corrected chi connectivity index (χ4v) is 2.77. The van der Waals surface area contributed by atoms with Crippen LogP contribution in [0.15, 0.2) is 35.7 Å². The molecule has 1 N–H and O–H groups in total. The minimum absolute atomic E-state index is 0.772. The van der Waals surface area contributed by atoms with Crippen molar-refractivity contribution < 1.29 is 0 Å². The van der Waals surface area contributed by atoms with Gasteiger partial charge in [0.05, 0.1) is 10.2 Å². The van der Waals surface area contributed by atoms with Crippen LogP contribution in [-0.4, -0.2) is 17.0 Å². The Bertz CT molecular complexity index is 703. The van der Waals surface area contributed by atoms with Gasteiger partial charge in [-0.2, -0.15) is 0 Å². The number of aryl methyl sites for hydroxylation is 1. The molecule has 3 rings (SSSR count). The smallest absolute Gasteiger partial charge is 0.162 e. The highest BCUT2D eigenvalue weighted by Crippen LogP contribution is 2.28. The molecule has 90 valence electrons. The monoisotopic (exact) mass is 255 g/mol. The van der Waals surface area contributed by atoms with Gasteiger partial charge in [0.15, 0.2) is 5.82 Å². The van der Waals surface area contributed by atoms with Crippen LogP contribution in [-0.2, 0) is 0 Å². The van der Waals surface area contributed by atoms with Crippen LogP contribution in [0.1, 0.15) is 5.56 Å². The number of benzene rings is 1. The largest absolute Gasteiger partial charge is 0.372 e. The average molecular weight is 255 g/mol. The zero-order chi connectivity index (χ0) is 12.5. The Kier molecular flexibility index (Phi) is 2.72. The Morgan fingerprint density at radius 1 is 1.17 bits per heavy atom. The molecule has 0 atom stereocenters. The van der Waals surface area contributed by atoms with E-state index < -0.39 is 0 Å². The topological polar surface area (TPSA) is 37.8 Å². The lowest BCUT2D eigenvalue weighted by molar-refractivity contribution is 1.22. The molecule has 2 aromatic heterocycles. The molecule has 0 saturated carbocycles. The standard InChI is InChI=1S/C14H13N3S/c1-9-4-3-5-10(8-9)13-16-11-6-7-18-12(11)14(15-2)17-13/h3-8H,1-2H3,(H,15,16,17). The summed E-state index contributed by atoms with van der Waals surface area (Å²) < 4.78 is 1.11. The maximum Gasteiger partial charge on any atom is 0.162 e. The molecule has 0 spiro atoms. The Balaban J connectivity index is 2.23. The Hall–Kier alpha value is -1.94. The van der Waals surface area contributed by atoms with E-state index in [2.05, 4.69) is 34.3 Å². The zero-order valence-corrected chi connectivity index (χ0v) is 11.1. The van der Waals surface area contributed by atoms with Crippen molar-refractivity contribution in [3.63, 3.8) is 0 Å². The first kappa shape index (κ1) is 11.2. The van der Waals surface area contributed by atoms with Crippen molar-refractivity contribution in [2.45, 2.75) is 6.92 Å². The Morgan fingerprint density at radius 3 is 2.83 bits per heavy atom. The van der Waals surface area contributed by atoms with E-state index in [4.69, 9.17) is 0 Å². The summed E-state index contributed by atoms with van der Waals surface area (Å²) in [5, 5.41) is 5.18. The van der Waals surface area contributed by atoms with Gasteiger partial charge < -0.3 is 5.32 Å². The number of anilines is 1. The van der Waals surface area contributed by atoms with Crippen molar-refractivity contribution in [1.82, 2.24) is 9.97 Å². The first-order valence-electron chi connectivity index (χ1n) is 5.78. The number of thiophene rings is 1.